The molecule has 2 aromatic carbocycles. The van der Waals surface area contributed by atoms with Crippen LogP contribution in [-0.4, -0.2) is 23.5 Å². The van der Waals surface area contributed by atoms with Crippen LogP contribution in [0.2, 0.25) is 0 Å². The van der Waals surface area contributed by atoms with Gasteiger partial charge in [-0.15, -0.1) is 0 Å². The van der Waals surface area contributed by atoms with E-state index in [4.69, 9.17) is 9.15 Å². The minimum Gasteiger partial charge on any atom is -0.465 e. The number of hydrogen-bond donors (Lipinski definition) is 0. The van der Waals surface area contributed by atoms with Crippen LogP contribution in [0.15, 0.2) is 44.4 Å². The van der Waals surface area contributed by atoms with E-state index in [0.717, 1.165) is 37.7 Å². The van der Waals surface area contributed by atoms with Crippen LogP contribution in [0, 0.1) is 0 Å². The number of rotatable bonds is 7. The summed E-state index contributed by atoms with van der Waals surface area (Å²) >= 11 is 0. The Morgan fingerprint density at radius 1 is 1.11 bits per heavy atom. The highest BCUT2D eigenvalue weighted by atomic mass is 32.2. The molecular formula is C22H24O5S. The van der Waals surface area contributed by atoms with Crippen molar-refractivity contribution < 1.29 is 18.2 Å². The Morgan fingerprint density at radius 3 is 2.57 bits per heavy atom. The number of unbranched alkanes of at least 4 members (excludes halogenated alkanes) is 3. The molecule has 0 aliphatic heterocycles. The number of carbonyl (C=O) groups is 1. The second-order valence-corrected chi connectivity index (χ2v) is 8.24. The van der Waals surface area contributed by atoms with Crippen LogP contribution in [0.3, 0.4) is 0 Å². The van der Waals surface area contributed by atoms with Gasteiger partial charge >= 0.3 is 5.97 Å². The number of esters is 1. The molecule has 1 heterocycles. The van der Waals surface area contributed by atoms with E-state index >= 15 is 0 Å². The third-order valence-corrected chi connectivity index (χ3v) is 5.77. The minimum atomic E-state index is -1.21. The maximum atomic E-state index is 13.1. The third-order valence-electron chi connectivity index (χ3n) is 4.87. The zero-order valence-corrected chi connectivity index (χ0v) is 17.2. The van der Waals surface area contributed by atoms with Gasteiger partial charge in [0.2, 0.25) is 5.43 Å². The zero-order valence-electron chi connectivity index (χ0n) is 16.4. The molecule has 0 aliphatic carbocycles. The number of hydrogen-bond acceptors (Lipinski definition) is 5. The zero-order chi connectivity index (χ0) is 20.3. The Hall–Kier alpha value is -2.47. The molecule has 0 saturated carbocycles. The van der Waals surface area contributed by atoms with Crippen molar-refractivity contribution in [3.8, 4) is 0 Å². The molecule has 0 N–H and O–H groups in total. The lowest BCUT2D eigenvalue weighted by Gasteiger charge is -2.10. The summed E-state index contributed by atoms with van der Waals surface area (Å²) < 4.78 is 22.9. The number of aryl methyl sites for hydroxylation is 1. The van der Waals surface area contributed by atoms with Crippen LogP contribution in [0.4, 0.5) is 0 Å². The van der Waals surface area contributed by atoms with Crippen molar-refractivity contribution in [2.45, 2.75) is 43.9 Å². The molecule has 28 heavy (non-hydrogen) atoms. The Labute approximate surface area is 166 Å². The van der Waals surface area contributed by atoms with Crippen LogP contribution in [0.5, 0.6) is 0 Å². The SMILES string of the molecule is CCCCCCc1cc(S(C)=O)cc2c(=O)c3cc(C(=O)OC)ccc3oc12. The highest BCUT2D eigenvalue weighted by molar-refractivity contribution is 7.84. The van der Waals surface area contributed by atoms with E-state index in [-0.39, 0.29) is 11.0 Å². The first-order chi connectivity index (χ1) is 13.5. The van der Waals surface area contributed by atoms with Gasteiger partial charge in [0, 0.05) is 22.0 Å². The van der Waals surface area contributed by atoms with Crippen molar-refractivity contribution in [2.24, 2.45) is 0 Å². The third kappa shape index (κ3) is 4.02. The highest BCUT2D eigenvalue weighted by Gasteiger charge is 2.16. The lowest BCUT2D eigenvalue weighted by Crippen LogP contribution is -2.07. The molecule has 1 unspecified atom stereocenters. The van der Waals surface area contributed by atoms with Crippen molar-refractivity contribution in [3.63, 3.8) is 0 Å². The molecule has 0 saturated heterocycles. The molecule has 0 spiro atoms. The summed E-state index contributed by atoms with van der Waals surface area (Å²) in [5, 5.41) is 0.707. The first kappa shape index (κ1) is 20.3. The molecule has 0 aliphatic rings. The predicted molar refractivity (Wildman–Crippen MR) is 112 cm³/mol. The molecule has 0 fully saturated rings. The molecule has 6 heteroatoms. The maximum Gasteiger partial charge on any atom is 0.337 e. The average molecular weight is 400 g/mol. The van der Waals surface area contributed by atoms with E-state index in [0.29, 0.717) is 26.8 Å². The van der Waals surface area contributed by atoms with Gasteiger partial charge in [-0.05, 0) is 48.7 Å². The van der Waals surface area contributed by atoms with Crippen LogP contribution in [0.25, 0.3) is 21.9 Å². The second-order valence-electron chi connectivity index (χ2n) is 6.86. The lowest BCUT2D eigenvalue weighted by molar-refractivity contribution is 0.0601. The largest absolute Gasteiger partial charge is 0.465 e. The summed E-state index contributed by atoms with van der Waals surface area (Å²) in [6, 6.07) is 8.20. The van der Waals surface area contributed by atoms with Gasteiger partial charge in [-0.1, -0.05) is 26.2 Å². The summed E-state index contributed by atoms with van der Waals surface area (Å²) in [6.07, 6.45) is 6.72. The molecule has 1 atom stereocenters. The molecule has 0 bridgehead atoms. The van der Waals surface area contributed by atoms with Gasteiger partial charge in [0.1, 0.15) is 11.2 Å². The topological polar surface area (TPSA) is 73.6 Å². The van der Waals surface area contributed by atoms with E-state index in [2.05, 4.69) is 6.92 Å². The highest BCUT2D eigenvalue weighted by Crippen LogP contribution is 2.27. The fraction of sp³-hybridized carbons (Fsp3) is 0.364. The van der Waals surface area contributed by atoms with Crippen molar-refractivity contribution >= 4 is 38.7 Å². The van der Waals surface area contributed by atoms with Crippen molar-refractivity contribution in [1.29, 1.82) is 0 Å². The van der Waals surface area contributed by atoms with Gasteiger partial charge in [0.05, 0.1) is 23.4 Å². The van der Waals surface area contributed by atoms with E-state index in [1.54, 1.807) is 24.5 Å². The summed E-state index contributed by atoms with van der Waals surface area (Å²) in [4.78, 5) is 25.6. The van der Waals surface area contributed by atoms with Gasteiger partial charge in [-0.3, -0.25) is 9.00 Å². The molecule has 5 nitrogen and oxygen atoms in total. The van der Waals surface area contributed by atoms with Crippen LogP contribution in [-0.2, 0) is 22.0 Å². The van der Waals surface area contributed by atoms with Crippen LogP contribution in [0.1, 0.15) is 48.5 Å². The van der Waals surface area contributed by atoms with E-state index in [1.165, 1.54) is 13.2 Å². The Balaban J connectivity index is 2.21. The quantitative estimate of drug-likeness (QED) is 0.329. The van der Waals surface area contributed by atoms with Crippen molar-refractivity contribution in [1.82, 2.24) is 0 Å². The average Bonchev–Trinajstić information content (AvgIpc) is 2.70. The molecule has 3 rings (SSSR count). The number of ether oxygens (including phenoxy) is 1. The van der Waals surface area contributed by atoms with Crippen molar-refractivity contribution in [3.05, 3.63) is 51.7 Å². The fourth-order valence-electron chi connectivity index (χ4n) is 3.34. The van der Waals surface area contributed by atoms with Crippen LogP contribution >= 0.6 is 0 Å². The first-order valence-corrected chi connectivity index (χ1v) is 11.0. The van der Waals surface area contributed by atoms with Gasteiger partial charge < -0.3 is 9.15 Å². The fourth-order valence-corrected chi connectivity index (χ4v) is 3.93. The van der Waals surface area contributed by atoms with E-state index in [1.807, 2.05) is 6.07 Å². The van der Waals surface area contributed by atoms with E-state index < -0.39 is 16.8 Å². The van der Waals surface area contributed by atoms with Gasteiger partial charge in [0.15, 0.2) is 0 Å². The normalized spacial score (nSPS) is 12.4. The summed E-state index contributed by atoms with van der Waals surface area (Å²) in [7, 11) is 0.0807. The number of methoxy groups -OCH3 is 1. The number of fused-ring (bicyclic) bond motifs is 2. The monoisotopic (exact) mass is 400 g/mol. The minimum absolute atomic E-state index is 0.232. The Kier molecular flexibility index (Phi) is 6.29. The lowest BCUT2D eigenvalue weighted by atomic mass is 10.0. The summed E-state index contributed by atoms with van der Waals surface area (Å²) in [5.41, 5.74) is 1.91. The molecule has 0 radical (unpaired) electrons. The molecule has 1 aromatic heterocycles. The van der Waals surface area contributed by atoms with Gasteiger partial charge in [-0.2, -0.15) is 0 Å². The summed E-state index contributed by atoms with van der Waals surface area (Å²) in [6.45, 7) is 2.16. The standard InChI is InChI=1S/C22H24O5S/c1-4-5-6-7-8-14-11-16(28(3)25)13-18-20(23)17-12-15(22(24)26-2)9-10-19(17)27-21(14)18/h9-13H,4-8H2,1-3H3. The predicted octanol–water partition coefficient (Wildman–Crippen LogP) is 4.59. The van der Waals surface area contributed by atoms with Crippen molar-refractivity contribution in [2.75, 3.05) is 13.4 Å². The first-order valence-electron chi connectivity index (χ1n) is 9.41. The second kappa shape index (κ2) is 8.69. The Morgan fingerprint density at radius 2 is 1.89 bits per heavy atom. The maximum absolute atomic E-state index is 13.1. The number of carbonyl (C=O) groups excluding carboxylic acids is 1. The number of benzene rings is 2. The summed E-state index contributed by atoms with van der Waals surface area (Å²) in [5.74, 6) is -0.513. The van der Waals surface area contributed by atoms with Gasteiger partial charge in [-0.25, -0.2) is 4.79 Å². The molecule has 148 valence electrons. The van der Waals surface area contributed by atoms with E-state index in [9.17, 15) is 13.8 Å². The van der Waals surface area contributed by atoms with Crippen LogP contribution < -0.4 is 5.43 Å². The smallest absolute Gasteiger partial charge is 0.337 e. The molecule has 0 amide bonds. The van der Waals surface area contributed by atoms with Gasteiger partial charge in [0.25, 0.3) is 0 Å². The molecule has 3 aromatic rings. The molecular weight excluding hydrogens is 376 g/mol. The Bertz CT molecular complexity index is 1110.